The molecule has 1 atom stereocenters. The average Bonchev–Trinajstić information content (AvgIpc) is 2.97. The second-order valence-corrected chi connectivity index (χ2v) is 4.13. The van der Waals surface area contributed by atoms with Gasteiger partial charge in [-0.3, -0.25) is 0 Å². The largest absolute Gasteiger partial charge is 0.416 e. The molecule has 2 N–H and O–H groups in total. The Hall–Kier alpha value is -1.10. The van der Waals surface area contributed by atoms with Crippen molar-refractivity contribution in [3.63, 3.8) is 0 Å². The van der Waals surface area contributed by atoms with Gasteiger partial charge in [-0.1, -0.05) is 0 Å². The Morgan fingerprint density at radius 2 is 1.81 bits per heavy atom. The average molecular weight is 233 g/mol. The van der Waals surface area contributed by atoms with E-state index in [1.54, 1.807) is 0 Å². The van der Waals surface area contributed by atoms with Crippen molar-refractivity contribution >= 4 is 0 Å². The van der Waals surface area contributed by atoms with Crippen LogP contribution in [0, 0.1) is 11.7 Å². The van der Waals surface area contributed by atoms with Crippen LogP contribution in [0.3, 0.4) is 0 Å². The molecule has 0 saturated heterocycles. The Balaban J connectivity index is 2.35. The van der Waals surface area contributed by atoms with Gasteiger partial charge < -0.3 is 5.73 Å². The maximum atomic E-state index is 13.0. The first-order valence-electron chi connectivity index (χ1n) is 5.01. The predicted molar refractivity (Wildman–Crippen MR) is 51.1 cm³/mol. The lowest BCUT2D eigenvalue weighted by molar-refractivity contribution is -0.137. The van der Waals surface area contributed by atoms with E-state index in [0.29, 0.717) is 6.07 Å². The van der Waals surface area contributed by atoms with Crippen molar-refractivity contribution in [2.45, 2.75) is 25.1 Å². The quantitative estimate of drug-likeness (QED) is 0.779. The molecule has 0 aliphatic heterocycles. The number of alkyl halides is 3. The molecule has 0 radical (unpaired) electrons. The molecule has 0 aromatic heterocycles. The van der Waals surface area contributed by atoms with Crippen LogP contribution in [-0.2, 0) is 6.18 Å². The molecular formula is C11H11F4N. The molecule has 1 fully saturated rings. The van der Waals surface area contributed by atoms with E-state index in [2.05, 4.69) is 0 Å². The highest BCUT2D eigenvalue weighted by Gasteiger charge is 2.34. The highest BCUT2D eigenvalue weighted by atomic mass is 19.4. The first kappa shape index (κ1) is 11.4. The molecule has 1 saturated carbocycles. The Morgan fingerprint density at radius 1 is 1.19 bits per heavy atom. The molecule has 0 bridgehead atoms. The van der Waals surface area contributed by atoms with Gasteiger partial charge in [0.25, 0.3) is 0 Å². The van der Waals surface area contributed by atoms with Crippen LogP contribution in [0.4, 0.5) is 17.6 Å². The molecule has 2 rings (SSSR count). The van der Waals surface area contributed by atoms with Gasteiger partial charge in [0.05, 0.1) is 5.56 Å². The van der Waals surface area contributed by atoms with Crippen LogP contribution in [0.5, 0.6) is 0 Å². The minimum Gasteiger partial charge on any atom is -0.324 e. The topological polar surface area (TPSA) is 26.0 Å². The van der Waals surface area contributed by atoms with Gasteiger partial charge in [-0.05, 0) is 42.5 Å². The SMILES string of the molecule is N[C@@H](c1cc(F)cc(C(F)(F)F)c1)C1CC1. The number of rotatable bonds is 2. The van der Waals surface area contributed by atoms with Crippen LogP contribution >= 0.6 is 0 Å². The number of hydrogen-bond donors (Lipinski definition) is 1. The third kappa shape index (κ3) is 2.35. The van der Waals surface area contributed by atoms with E-state index in [-0.39, 0.29) is 11.5 Å². The number of halogens is 4. The smallest absolute Gasteiger partial charge is 0.324 e. The van der Waals surface area contributed by atoms with Gasteiger partial charge in [-0.15, -0.1) is 0 Å². The summed E-state index contributed by atoms with van der Waals surface area (Å²) < 4.78 is 50.3. The monoisotopic (exact) mass is 233 g/mol. The lowest BCUT2D eigenvalue weighted by atomic mass is 10.0. The number of hydrogen-bond acceptors (Lipinski definition) is 1. The lowest BCUT2D eigenvalue weighted by Gasteiger charge is -2.14. The van der Waals surface area contributed by atoms with Crippen LogP contribution in [0.25, 0.3) is 0 Å². The highest BCUT2D eigenvalue weighted by molar-refractivity contribution is 5.29. The molecule has 1 aliphatic carbocycles. The molecule has 1 aromatic rings. The molecule has 88 valence electrons. The van der Waals surface area contributed by atoms with Crippen molar-refractivity contribution in [2.75, 3.05) is 0 Å². The third-order valence-corrected chi connectivity index (χ3v) is 2.76. The first-order chi connectivity index (χ1) is 7.38. The minimum atomic E-state index is -4.53. The third-order valence-electron chi connectivity index (χ3n) is 2.76. The lowest BCUT2D eigenvalue weighted by Crippen LogP contribution is -2.15. The molecule has 0 heterocycles. The van der Waals surface area contributed by atoms with Crippen LogP contribution in [-0.4, -0.2) is 0 Å². The molecule has 0 unspecified atom stereocenters. The van der Waals surface area contributed by atoms with Crippen LogP contribution in [0.15, 0.2) is 18.2 Å². The van der Waals surface area contributed by atoms with Gasteiger partial charge in [0.1, 0.15) is 5.82 Å². The number of benzene rings is 1. The van der Waals surface area contributed by atoms with E-state index in [1.807, 2.05) is 0 Å². The van der Waals surface area contributed by atoms with Crippen molar-refractivity contribution < 1.29 is 17.6 Å². The maximum Gasteiger partial charge on any atom is 0.416 e. The summed E-state index contributed by atoms with van der Waals surface area (Å²) in [6.07, 6.45) is -2.72. The van der Waals surface area contributed by atoms with Crippen molar-refractivity contribution in [2.24, 2.45) is 11.7 Å². The fraction of sp³-hybridized carbons (Fsp3) is 0.455. The van der Waals surface area contributed by atoms with Gasteiger partial charge in [-0.25, -0.2) is 4.39 Å². The van der Waals surface area contributed by atoms with Gasteiger partial charge in [0, 0.05) is 6.04 Å². The van der Waals surface area contributed by atoms with E-state index in [4.69, 9.17) is 5.73 Å². The Labute approximate surface area is 90.3 Å². The van der Waals surface area contributed by atoms with E-state index in [1.165, 1.54) is 0 Å². The first-order valence-corrected chi connectivity index (χ1v) is 5.01. The van der Waals surface area contributed by atoms with Crippen molar-refractivity contribution in [1.29, 1.82) is 0 Å². The zero-order chi connectivity index (χ0) is 11.9. The molecular weight excluding hydrogens is 222 g/mol. The molecule has 0 spiro atoms. The maximum absolute atomic E-state index is 13.0. The molecule has 1 aliphatic rings. The summed E-state index contributed by atoms with van der Waals surface area (Å²) >= 11 is 0. The zero-order valence-electron chi connectivity index (χ0n) is 8.39. The van der Waals surface area contributed by atoms with Gasteiger partial charge in [0.15, 0.2) is 0 Å². The zero-order valence-corrected chi connectivity index (χ0v) is 8.39. The summed E-state index contributed by atoms with van der Waals surface area (Å²) in [6.45, 7) is 0. The molecule has 16 heavy (non-hydrogen) atoms. The molecule has 0 amide bonds. The summed E-state index contributed by atoms with van der Waals surface area (Å²) in [5.74, 6) is -0.691. The Kier molecular flexibility index (Phi) is 2.66. The van der Waals surface area contributed by atoms with Crippen molar-refractivity contribution in [3.8, 4) is 0 Å². The number of nitrogens with two attached hydrogens (primary N) is 1. The Bertz CT molecular complexity index is 395. The standard InChI is InChI=1S/C11H11F4N/c12-9-4-7(10(16)6-1-2-6)3-8(5-9)11(13,14)15/h3-6,10H,1-2,16H2/t10-/m1/s1. The highest BCUT2D eigenvalue weighted by Crippen LogP contribution is 2.40. The summed E-state index contributed by atoms with van der Waals surface area (Å²) in [7, 11) is 0. The van der Waals surface area contributed by atoms with Crippen LogP contribution < -0.4 is 5.73 Å². The van der Waals surface area contributed by atoms with Gasteiger partial charge >= 0.3 is 6.18 Å². The van der Waals surface area contributed by atoms with E-state index in [9.17, 15) is 17.6 Å². The van der Waals surface area contributed by atoms with Crippen LogP contribution in [0.2, 0.25) is 0 Å². The van der Waals surface area contributed by atoms with E-state index < -0.39 is 23.6 Å². The predicted octanol–water partition coefficient (Wildman–Crippen LogP) is 3.25. The van der Waals surface area contributed by atoms with Crippen molar-refractivity contribution in [3.05, 3.63) is 35.1 Å². The van der Waals surface area contributed by atoms with Gasteiger partial charge in [-0.2, -0.15) is 13.2 Å². The summed E-state index contributed by atoms with van der Waals surface area (Å²) in [5.41, 5.74) is 5.01. The minimum absolute atomic E-state index is 0.197. The Morgan fingerprint density at radius 3 is 2.31 bits per heavy atom. The molecule has 1 aromatic carbocycles. The second-order valence-electron chi connectivity index (χ2n) is 4.13. The second kappa shape index (κ2) is 3.73. The molecule has 1 nitrogen and oxygen atoms in total. The molecule has 5 heteroatoms. The normalized spacial score (nSPS) is 18.6. The van der Waals surface area contributed by atoms with Crippen LogP contribution in [0.1, 0.15) is 30.0 Å². The van der Waals surface area contributed by atoms with Crippen molar-refractivity contribution in [1.82, 2.24) is 0 Å². The van der Waals surface area contributed by atoms with Gasteiger partial charge in [0.2, 0.25) is 0 Å². The summed E-state index contributed by atoms with van der Waals surface area (Å²) in [6, 6.07) is 2.02. The summed E-state index contributed by atoms with van der Waals surface area (Å²) in [4.78, 5) is 0. The fourth-order valence-electron chi connectivity index (χ4n) is 1.70. The summed E-state index contributed by atoms with van der Waals surface area (Å²) in [5, 5.41) is 0. The fourth-order valence-corrected chi connectivity index (χ4v) is 1.70. The van der Waals surface area contributed by atoms with E-state index >= 15 is 0 Å². The van der Waals surface area contributed by atoms with E-state index in [0.717, 1.165) is 25.0 Å².